The number of benzene rings is 2. The van der Waals surface area contributed by atoms with Gasteiger partial charge in [0.15, 0.2) is 5.96 Å². The molecule has 2 heterocycles. The van der Waals surface area contributed by atoms with E-state index in [9.17, 15) is 4.79 Å². The van der Waals surface area contributed by atoms with E-state index in [1.807, 2.05) is 66.0 Å². The number of thiophene rings is 1. The van der Waals surface area contributed by atoms with Crippen molar-refractivity contribution in [1.29, 1.82) is 0 Å². The van der Waals surface area contributed by atoms with Crippen molar-refractivity contribution in [3.05, 3.63) is 81.5 Å². The topological polar surface area (TPSA) is 58.7 Å². The number of hydrogen-bond donors (Lipinski definition) is 1. The Balaban J connectivity index is 1.89. The zero-order valence-electron chi connectivity index (χ0n) is 14.0. The summed E-state index contributed by atoms with van der Waals surface area (Å²) in [5, 5.41) is 2.69. The molecule has 2 N–H and O–H groups in total. The second-order valence-corrected chi connectivity index (χ2v) is 7.47. The molecule has 3 aromatic rings. The number of nitrogens with zero attached hydrogens (tertiary/aromatic N) is 2. The van der Waals surface area contributed by atoms with Gasteiger partial charge in [-0.25, -0.2) is 4.99 Å². The molecule has 2 aromatic carbocycles. The zero-order valence-corrected chi connectivity index (χ0v) is 15.6. The molecule has 1 aliphatic rings. The van der Waals surface area contributed by atoms with Crippen LogP contribution in [0, 0.1) is 0 Å². The van der Waals surface area contributed by atoms with Gasteiger partial charge in [0.1, 0.15) is 0 Å². The molecule has 130 valence electrons. The standard InChI is InChI=1S/C20H16ClN3OS/c1-24-18(25)20(23-19(24)22,15-7-3-2-4-8-15)17-11-14(12-26-17)13-6-5-9-16(21)10-13/h2-12H,1H3,(H2,22,23). The lowest BCUT2D eigenvalue weighted by molar-refractivity contribution is -0.129. The lowest BCUT2D eigenvalue weighted by Gasteiger charge is -2.24. The van der Waals surface area contributed by atoms with Gasteiger partial charge in [-0.15, -0.1) is 11.3 Å². The van der Waals surface area contributed by atoms with Crippen molar-refractivity contribution in [3.8, 4) is 11.1 Å². The molecule has 0 saturated heterocycles. The van der Waals surface area contributed by atoms with Gasteiger partial charge < -0.3 is 5.73 Å². The first-order valence-electron chi connectivity index (χ1n) is 8.06. The number of nitrogens with two attached hydrogens (primary N) is 1. The number of likely N-dealkylation sites (N-methyl/N-ethyl adjacent to an activating group) is 1. The van der Waals surface area contributed by atoms with Crippen molar-refractivity contribution in [2.45, 2.75) is 5.54 Å². The number of hydrogen-bond acceptors (Lipinski definition) is 4. The van der Waals surface area contributed by atoms with Crippen molar-refractivity contribution in [2.24, 2.45) is 10.7 Å². The third-order valence-corrected chi connectivity index (χ3v) is 5.82. The van der Waals surface area contributed by atoms with E-state index in [1.165, 1.54) is 16.2 Å². The molecule has 1 unspecified atom stereocenters. The Kier molecular flexibility index (Phi) is 4.05. The highest BCUT2D eigenvalue weighted by Crippen LogP contribution is 2.43. The van der Waals surface area contributed by atoms with Crippen LogP contribution >= 0.6 is 22.9 Å². The number of halogens is 1. The van der Waals surface area contributed by atoms with Gasteiger partial charge in [-0.05, 0) is 40.3 Å². The second-order valence-electron chi connectivity index (χ2n) is 6.12. The maximum absolute atomic E-state index is 13.2. The van der Waals surface area contributed by atoms with Gasteiger partial charge in [0, 0.05) is 16.9 Å². The molecular weight excluding hydrogens is 366 g/mol. The minimum atomic E-state index is -1.14. The Bertz CT molecular complexity index is 1010. The predicted octanol–water partition coefficient (Wildman–Crippen LogP) is 4.10. The van der Waals surface area contributed by atoms with Crippen LogP contribution < -0.4 is 5.73 Å². The van der Waals surface area contributed by atoms with Crippen molar-refractivity contribution in [2.75, 3.05) is 7.05 Å². The van der Waals surface area contributed by atoms with E-state index in [0.717, 1.165) is 21.6 Å². The van der Waals surface area contributed by atoms with Crippen molar-refractivity contribution < 1.29 is 4.79 Å². The van der Waals surface area contributed by atoms with Gasteiger partial charge >= 0.3 is 0 Å². The van der Waals surface area contributed by atoms with E-state index >= 15 is 0 Å². The van der Waals surface area contributed by atoms with Gasteiger partial charge in [-0.1, -0.05) is 54.1 Å². The molecule has 4 rings (SSSR count). The normalized spacial score (nSPS) is 19.7. The number of carbonyl (C=O) groups is 1. The number of rotatable bonds is 3. The highest BCUT2D eigenvalue weighted by molar-refractivity contribution is 7.10. The van der Waals surface area contributed by atoms with Crippen LogP contribution in [0.25, 0.3) is 11.1 Å². The van der Waals surface area contributed by atoms with Crippen LogP contribution in [-0.2, 0) is 10.3 Å². The molecule has 1 amide bonds. The second kappa shape index (κ2) is 6.27. The summed E-state index contributed by atoms with van der Waals surface area (Å²) in [4.78, 5) is 20.0. The first kappa shape index (κ1) is 16.8. The summed E-state index contributed by atoms with van der Waals surface area (Å²) in [7, 11) is 1.65. The Morgan fingerprint density at radius 1 is 1.08 bits per heavy atom. The number of aliphatic imine (C=N–C) groups is 1. The average molecular weight is 382 g/mol. The molecule has 4 nitrogen and oxygen atoms in total. The molecule has 0 aliphatic carbocycles. The Morgan fingerprint density at radius 3 is 2.50 bits per heavy atom. The van der Waals surface area contributed by atoms with Crippen LogP contribution in [0.15, 0.2) is 71.0 Å². The summed E-state index contributed by atoms with van der Waals surface area (Å²) in [5.41, 5.74) is 7.66. The highest BCUT2D eigenvalue weighted by atomic mass is 35.5. The first-order valence-corrected chi connectivity index (χ1v) is 9.32. The SMILES string of the molecule is CN1C(=O)C(c2ccccc2)(c2cc(-c3cccc(Cl)c3)cs2)N=C1N. The number of carbonyl (C=O) groups excluding carboxylic acids is 1. The molecule has 0 saturated carbocycles. The molecule has 1 aromatic heterocycles. The minimum absolute atomic E-state index is 0.152. The summed E-state index contributed by atoms with van der Waals surface area (Å²) in [6.07, 6.45) is 0. The number of amides is 1. The van der Waals surface area contributed by atoms with E-state index in [4.69, 9.17) is 17.3 Å². The first-order chi connectivity index (χ1) is 12.5. The molecule has 1 atom stereocenters. The molecule has 0 fully saturated rings. The third kappa shape index (κ3) is 2.52. The van der Waals surface area contributed by atoms with Gasteiger partial charge in [-0.2, -0.15) is 0 Å². The summed E-state index contributed by atoms with van der Waals surface area (Å²) in [5.74, 6) is 0.0669. The van der Waals surface area contributed by atoms with E-state index < -0.39 is 5.54 Å². The van der Waals surface area contributed by atoms with Gasteiger partial charge in [0.05, 0.1) is 0 Å². The third-order valence-electron chi connectivity index (χ3n) is 4.55. The Morgan fingerprint density at radius 2 is 1.85 bits per heavy atom. The molecule has 0 spiro atoms. The predicted molar refractivity (Wildman–Crippen MR) is 106 cm³/mol. The monoisotopic (exact) mass is 381 g/mol. The molecular formula is C20H16ClN3OS. The van der Waals surface area contributed by atoms with Crippen molar-refractivity contribution in [3.63, 3.8) is 0 Å². The quantitative estimate of drug-likeness (QED) is 0.742. The summed E-state index contributed by atoms with van der Waals surface area (Å²) in [6, 6.07) is 19.2. The minimum Gasteiger partial charge on any atom is -0.369 e. The fraction of sp³-hybridized carbons (Fsp3) is 0.100. The van der Waals surface area contributed by atoms with Crippen LogP contribution in [-0.4, -0.2) is 23.8 Å². The maximum Gasteiger partial charge on any atom is 0.267 e. The van der Waals surface area contributed by atoms with E-state index in [2.05, 4.69) is 4.99 Å². The lowest BCUT2D eigenvalue weighted by atomic mass is 9.87. The van der Waals surface area contributed by atoms with Gasteiger partial charge in [0.2, 0.25) is 5.54 Å². The van der Waals surface area contributed by atoms with Gasteiger partial charge in [-0.3, -0.25) is 9.69 Å². The lowest BCUT2D eigenvalue weighted by Crippen LogP contribution is -2.40. The molecule has 1 aliphatic heterocycles. The number of guanidine groups is 1. The fourth-order valence-corrected chi connectivity index (χ4v) is 4.42. The summed E-state index contributed by atoms with van der Waals surface area (Å²) >= 11 is 7.61. The Hall–Kier alpha value is -2.63. The van der Waals surface area contributed by atoms with Crippen LogP contribution in [0.3, 0.4) is 0 Å². The maximum atomic E-state index is 13.2. The van der Waals surface area contributed by atoms with Gasteiger partial charge in [0.25, 0.3) is 5.91 Å². The smallest absolute Gasteiger partial charge is 0.267 e. The van der Waals surface area contributed by atoms with E-state index in [0.29, 0.717) is 5.02 Å². The summed E-state index contributed by atoms with van der Waals surface area (Å²) < 4.78 is 0. The Labute approximate surface area is 160 Å². The molecule has 0 radical (unpaired) electrons. The van der Waals surface area contributed by atoms with E-state index in [1.54, 1.807) is 7.05 Å². The van der Waals surface area contributed by atoms with Crippen molar-refractivity contribution >= 4 is 34.8 Å². The van der Waals surface area contributed by atoms with Crippen LogP contribution in [0.5, 0.6) is 0 Å². The molecule has 6 heteroatoms. The molecule has 26 heavy (non-hydrogen) atoms. The largest absolute Gasteiger partial charge is 0.369 e. The fourth-order valence-electron chi connectivity index (χ4n) is 3.16. The van der Waals surface area contributed by atoms with Crippen LogP contribution in [0.4, 0.5) is 0 Å². The zero-order chi connectivity index (χ0) is 18.3. The highest BCUT2D eigenvalue weighted by Gasteiger charge is 2.50. The van der Waals surface area contributed by atoms with Crippen LogP contribution in [0.1, 0.15) is 10.4 Å². The van der Waals surface area contributed by atoms with Crippen molar-refractivity contribution in [1.82, 2.24) is 4.90 Å². The molecule has 0 bridgehead atoms. The van der Waals surface area contributed by atoms with Crippen LogP contribution in [0.2, 0.25) is 5.02 Å². The van der Waals surface area contributed by atoms with E-state index in [-0.39, 0.29) is 11.9 Å². The average Bonchev–Trinajstić information content (AvgIpc) is 3.23. The summed E-state index contributed by atoms with van der Waals surface area (Å²) in [6.45, 7) is 0.